The number of alkyl halides is 3. The molecule has 0 fully saturated rings. The number of dihydropyridines is 1. The molecule has 2 aliphatic rings. The molecule has 1 amide bonds. The molecule has 1 atom stereocenters. The Morgan fingerprint density at radius 2 is 2.06 bits per heavy atom. The normalized spacial score (nSPS) is 24.6. The summed E-state index contributed by atoms with van der Waals surface area (Å²) in [7, 11) is 0. The molecular formula is C10H7F3N2O. The number of carbonyl (C=O) groups is 1. The van der Waals surface area contributed by atoms with Gasteiger partial charge in [0, 0.05) is 17.7 Å². The number of fused-ring (bicyclic) bond motifs is 1. The Kier molecular flexibility index (Phi) is 2.31. The maximum absolute atomic E-state index is 12.6. The van der Waals surface area contributed by atoms with E-state index in [1.807, 2.05) is 0 Å². The molecule has 2 rings (SSSR count). The second-order valence-electron chi connectivity index (χ2n) is 3.41. The summed E-state index contributed by atoms with van der Waals surface area (Å²) in [5, 5.41) is 0. The lowest BCUT2D eigenvalue weighted by atomic mass is 9.91. The molecule has 1 unspecified atom stereocenters. The Morgan fingerprint density at radius 1 is 1.38 bits per heavy atom. The predicted octanol–water partition coefficient (Wildman–Crippen LogP) is 1.28. The maximum atomic E-state index is 12.6. The van der Waals surface area contributed by atoms with E-state index in [2.05, 4.69) is 4.99 Å². The van der Waals surface area contributed by atoms with Crippen molar-refractivity contribution in [3.8, 4) is 0 Å². The van der Waals surface area contributed by atoms with Gasteiger partial charge in [0.2, 0.25) is 0 Å². The molecule has 0 aromatic rings. The van der Waals surface area contributed by atoms with E-state index in [0.717, 1.165) is 0 Å². The fourth-order valence-electron chi connectivity index (χ4n) is 1.54. The minimum Gasteiger partial charge on any atom is -0.321 e. The summed E-state index contributed by atoms with van der Waals surface area (Å²) < 4.78 is 37.9. The molecule has 0 bridgehead atoms. The first-order valence-corrected chi connectivity index (χ1v) is 4.46. The number of hydrogen-bond acceptors (Lipinski definition) is 2. The smallest absolute Gasteiger partial charge is 0.321 e. The van der Waals surface area contributed by atoms with Crippen molar-refractivity contribution >= 4 is 11.6 Å². The van der Waals surface area contributed by atoms with Gasteiger partial charge in [-0.1, -0.05) is 12.2 Å². The van der Waals surface area contributed by atoms with Crippen LogP contribution in [0.25, 0.3) is 0 Å². The molecule has 0 saturated carbocycles. The lowest BCUT2D eigenvalue weighted by Gasteiger charge is -2.21. The van der Waals surface area contributed by atoms with Crippen LogP contribution in [0.5, 0.6) is 0 Å². The van der Waals surface area contributed by atoms with E-state index in [0.29, 0.717) is 6.08 Å². The van der Waals surface area contributed by atoms with Gasteiger partial charge in [-0.3, -0.25) is 4.79 Å². The Labute approximate surface area is 88.8 Å². The van der Waals surface area contributed by atoms with Gasteiger partial charge in [-0.15, -0.1) is 0 Å². The average Bonchev–Trinajstić information content (AvgIpc) is 2.16. The van der Waals surface area contributed by atoms with Gasteiger partial charge in [-0.2, -0.15) is 13.2 Å². The molecule has 0 saturated heterocycles. The minimum absolute atomic E-state index is 0.0153. The standard InChI is InChI=1S/C10H7F3N2O/c11-10(12,13)7-4-9(16)15-8-2-1-5(14)3-6(7)8/h1-5H,14H2. The SMILES string of the molecule is NC1C=CC2=NC(=O)C=C(C(F)(F)F)C2=C1. The largest absolute Gasteiger partial charge is 0.417 e. The first kappa shape index (κ1) is 10.8. The van der Waals surface area contributed by atoms with Gasteiger partial charge in [0.1, 0.15) is 0 Å². The third-order valence-electron chi connectivity index (χ3n) is 2.21. The highest BCUT2D eigenvalue weighted by molar-refractivity contribution is 6.20. The molecular weight excluding hydrogens is 221 g/mol. The van der Waals surface area contributed by atoms with E-state index in [4.69, 9.17) is 5.73 Å². The maximum Gasteiger partial charge on any atom is 0.417 e. The number of allylic oxidation sites excluding steroid dienone is 3. The Hall–Kier alpha value is -1.69. The van der Waals surface area contributed by atoms with E-state index in [-0.39, 0.29) is 11.3 Å². The lowest BCUT2D eigenvalue weighted by molar-refractivity contribution is -0.115. The van der Waals surface area contributed by atoms with E-state index in [9.17, 15) is 18.0 Å². The highest BCUT2D eigenvalue weighted by Gasteiger charge is 2.40. The average molecular weight is 228 g/mol. The predicted molar refractivity (Wildman–Crippen MR) is 51.8 cm³/mol. The number of halogens is 3. The number of nitrogens with zero attached hydrogens (tertiary/aromatic N) is 1. The van der Waals surface area contributed by atoms with Crippen LogP contribution in [0, 0.1) is 0 Å². The Balaban J connectivity index is 2.51. The molecule has 0 aromatic carbocycles. The third kappa shape index (κ3) is 1.83. The van der Waals surface area contributed by atoms with Crippen molar-refractivity contribution in [3.05, 3.63) is 35.5 Å². The molecule has 6 heteroatoms. The summed E-state index contributed by atoms with van der Waals surface area (Å²) in [6, 6.07) is -0.590. The first-order valence-electron chi connectivity index (χ1n) is 4.46. The number of carbonyl (C=O) groups excluding carboxylic acids is 1. The first-order chi connectivity index (χ1) is 7.38. The number of hydrogen-bond donors (Lipinski definition) is 1. The Morgan fingerprint density at radius 3 is 2.69 bits per heavy atom. The van der Waals surface area contributed by atoms with Crippen molar-refractivity contribution in [2.45, 2.75) is 12.2 Å². The molecule has 1 aliphatic heterocycles. The third-order valence-corrected chi connectivity index (χ3v) is 2.21. The van der Waals surface area contributed by atoms with Crippen LogP contribution in [0.2, 0.25) is 0 Å². The molecule has 0 radical (unpaired) electrons. The van der Waals surface area contributed by atoms with Gasteiger partial charge in [-0.25, -0.2) is 4.99 Å². The number of rotatable bonds is 0. The minimum atomic E-state index is -4.58. The summed E-state index contributed by atoms with van der Waals surface area (Å²) in [4.78, 5) is 14.5. The van der Waals surface area contributed by atoms with Crippen molar-refractivity contribution in [1.29, 1.82) is 0 Å². The van der Waals surface area contributed by atoms with E-state index >= 15 is 0 Å². The summed E-state index contributed by atoms with van der Waals surface area (Å²) in [5.74, 6) is -0.903. The molecule has 84 valence electrons. The van der Waals surface area contributed by atoms with Crippen LogP contribution in [0.1, 0.15) is 0 Å². The van der Waals surface area contributed by atoms with Crippen LogP contribution >= 0.6 is 0 Å². The molecule has 16 heavy (non-hydrogen) atoms. The van der Waals surface area contributed by atoms with Crippen molar-refractivity contribution in [2.75, 3.05) is 0 Å². The van der Waals surface area contributed by atoms with E-state index in [1.165, 1.54) is 18.2 Å². The second-order valence-corrected chi connectivity index (χ2v) is 3.41. The second kappa shape index (κ2) is 3.41. The van der Waals surface area contributed by atoms with Gasteiger partial charge in [0.05, 0.1) is 11.3 Å². The van der Waals surface area contributed by atoms with Crippen molar-refractivity contribution in [1.82, 2.24) is 0 Å². The molecule has 2 N–H and O–H groups in total. The van der Waals surface area contributed by atoms with Gasteiger partial charge >= 0.3 is 6.18 Å². The van der Waals surface area contributed by atoms with Crippen LogP contribution in [0.4, 0.5) is 13.2 Å². The molecule has 0 spiro atoms. The van der Waals surface area contributed by atoms with Crippen molar-refractivity contribution in [3.63, 3.8) is 0 Å². The zero-order valence-corrected chi connectivity index (χ0v) is 7.95. The number of amides is 1. The summed E-state index contributed by atoms with van der Waals surface area (Å²) in [6.07, 6.45) is -0.0367. The monoisotopic (exact) mass is 228 g/mol. The van der Waals surface area contributed by atoms with Gasteiger partial charge < -0.3 is 5.73 Å². The van der Waals surface area contributed by atoms with Crippen molar-refractivity contribution < 1.29 is 18.0 Å². The molecule has 3 nitrogen and oxygen atoms in total. The van der Waals surface area contributed by atoms with Gasteiger partial charge in [0.25, 0.3) is 5.91 Å². The fraction of sp³-hybridized carbons (Fsp3) is 0.200. The topological polar surface area (TPSA) is 55.4 Å². The van der Waals surface area contributed by atoms with Crippen molar-refractivity contribution in [2.24, 2.45) is 10.7 Å². The van der Waals surface area contributed by atoms with Crippen LogP contribution in [-0.4, -0.2) is 23.8 Å². The van der Waals surface area contributed by atoms with E-state index < -0.39 is 23.7 Å². The fourth-order valence-corrected chi connectivity index (χ4v) is 1.54. The van der Waals surface area contributed by atoms with Crippen LogP contribution in [-0.2, 0) is 4.79 Å². The quantitative estimate of drug-likeness (QED) is 0.679. The molecule has 0 aromatic heterocycles. The lowest BCUT2D eigenvalue weighted by Crippen LogP contribution is -2.28. The molecule has 1 heterocycles. The Bertz CT molecular complexity index is 469. The zero-order chi connectivity index (χ0) is 11.9. The number of aliphatic imine (C=N–C) groups is 1. The summed E-state index contributed by atoms with van der Waals surface area (Å²) in [5.41, 5.74) is 4.39. The van der Waals surface area contributed by atoms with Crippen LogP contribution < -0.4 is 5.73 Å². The highest BCUT2D eigenvalue weighted by Crippen LogP contribution is 2.35. The molecule has 1 aliphatic carbocycles. The van der Waals surface area contributed by atoms with E-state index in [1.54, 1.807) is 0 Å². The van der Waals surface area contributed by atoms with Crippen LogP contribution in [0.3, 0.4) is 0 Å². The van der Waals surface area contributed by atoms with Gasteiger partial charge in [0.15, 0.2) is 0 Å². The number of nitrogens with two attached hydrogens (primary N) is 1. The zero-order valence-electron chi connectivity index (χ0n) is 7.95. The summed E-state index contributed by atoms with van der Waals surface area (Å²) >= 11 is 0. The van der Waals surface area contributed by atoms with Crippen LogP contribution in [0.15, 0.2) is 40.4 Å². The summed E-state index contributed by atoms with van der Waals surface area (Å²) in [6.45, 7) is 0. The highest BCUT2D eigenvalue weighted by atomic mass is 19.4. The van der Waals surface area contributed by atoms with Gasteiger partial charge in [-0.05, 0) is 6.08 Å².